The van der Waals surface area contributed by atoms with Crippen LogP contribution in [0.5, 0.6) is 0 Å². The fourth-order valence-electron chi connectivity index (χ4n) is 1.06. The van der Waals surface area contributed by atoms with Gasteiger partial charge in [-0.25, -0.2) is 0 Å². The van der Waals surface area contributed by atoms with Crippen LogP contribution in [0.4, 0.5) is 5.69 Å². The zero-order valence-electron chi connectivity index (χ0n) is 5.02. The van der Waals surface area contributed by atoms with E-state index >= 15 is 0 Å². The molecule has 45 valence electrons. The molecule has 0 fully saturated rings. The minimum Gasteiger partial charge on any atom is -0.383 e. The van der Waals surface area contributed by atoms with Gasteiger partial charge in [0.2, 0.25) is 0 Å². The maximum absolute atomic E-state index is 3.94. The molecule has 0 aliphatic carbocycles. The molecule has 0 atom stereocenters. The van der Waals surface area contributed by atoms with Gasteiger partial charge in [0.15, 0.2) is 0 Å². The Morgan fingerprint density at radius 1 is 1.67 bits per heavy atom. The fraction of sp³-hybridized carbons (Fsp3) is 0.286. The monoisotopic (exact) mass is 119 g/mol. The number of rotatable bonds is 0. The van der Waals surface area contributed by atoms with Crippen LogP contribution in [0, 0.1) is 6.07 Å². The lowest BCUT2D eigenvalue weighted by Gasteiger charge is -1.93. The van der Waals surface area contributed by atoms with Gasteiger partial charge in [-0.1, -0.05) is 0 Å². The van der Waals surface area contributed by atoms with E-state index in [9.17, 15) is 0 Å². The van der Waals surface area contributed by atoms with E-state index in [0.717, 1.165) is 18.7 Å². The van der Waals surface area contributed by atoms with Crippen LogP contribution < -0.4 is 5.32 Å². The van der Waals surface area contributed by atoms with Crippen molar-refractivity contribution in [1.29, 1.82) is 0 Å². The molecule has 2 heteroatoms. The van der Waals surface area contributed by atoms with Crippen molar-refractivity contribution in [2.75, 3.05) is 11.9 Å². The predicted molar refractivity (Wildman–Crippen MR) is 35.3 cm³/mol. The number of hydrogen-bond acceptors (Lipinski definition) is 2. The summed E-state index contributed by atoms with van der Waals surface area (Å²) in [6.07, 6.45) is 4.66. The van der Waals surface area contributed by atoms with E-state index in [-0.39, 0.29) is 0 Å². The first-order chi connectivity index (χ1) is 4.47. The van der Waals surface area contributed by atoms with E-state index in [1.165, 1.54) is 5.56 Å². The first-order valence-electron chi connectivity index (χ1n) is 3.05. The number of fused-ring (bicyclic) bond motifs is 1. The molecule has 1 aliphatic heterocycles. The van der Waals surface area contributed by atoms with Crippen molar-refractivity contribution in [2.45, 2.75) is 6.42 Å². The standard InChI is InChI=1S/C7H7N2/c1-3-8-5-7-6(1)2-4-9-7/h3,5,9H,2,4H2. The maximum Gasteiger partial charge on any atom is 0.0566 e. The maximum atomic E-state index is 3.94. The Morgan fingerprint density at radius 2 is 2.67 bits per heavy atom. The molecule has 0 spiro atoms. The van der Waals surface area contributed by atoms with Crippen molar-refractivity contribution in [1.82, 2.24) is 4.98 Å². The number of anilines is 1. The van der Waals surface area contributed by atoms with Gasteiger partial charge in [-0.3, -0.25) is 4.98 Å². The van der Waals surface area contributed by atoms with E-state index in [0.29, 0.717) is 0 Å². The van der Waals surface area contributed by atoms with Gasteiger partial charge in [0.1, 0.15) is 0 Å². The molecule has 1 radical (unpaired) electrons. The van der Waals surface area contributed by atoms with E-state index in [1.807, 2.05) is 6.20 Å². The highest BCUT2D eigenvalue weighted by Gasteiger charge is 2.07. The summed E-state index contributed by atoms with van der Waals surface area (Å²) < 4.78 is 0. The normalized spacial score (nSPS) is 14.7. The molecule has 0 saturated carbocycles. The smallest absolute Gasteiger partial charge is 0.0566 e. The van der Waals surface area contributed by atoms with Gasteiger partial charge in [-0.15, -0.1) is 0 Å². The number of aromatic nitrogens is 1. The molecule has 0 bridgehead atoms. The molecule has 0 saturated heterocycles. The molecule has 2 rings (SSSR count). The summed E-state index contributed by atoms with van der Waals surface area (Å²) in [4.78, 5) is 3.94. The molecule has 1 aliphatic rings. The molecule has 2 nitrogen and oxygen atoms in total. The van der Waals surface area contributed by atoms with Crippen LogP contribution in [0.25, 0.3) is 0 Å². The summed E-state index contributed by atoms with van der Waals surface area (Å²) in [6, 6.07) is 3.08. The molecular weight excluding hydrogens is 112 g/mol. The van der Waals surface area contributed by atoms with E-state index in [1.54, 1.807) is 6.20 Å². The molecule has 9 heavy (non-hydrogen) atoms. The Balaban J connectivity index is 2.54. The van der Waals surface area contributed by atoms with Crippen LogP contribution in [0.1, 0.15) is 5.56 Å². The lowest BCUT2D eigenvalue weighted by molar-refractivity contribution is 1.10. The predicted octanol–water partition coefficient (Wildman–Crippen LogP) is 0.850. The first-order valence-corrected chi connectivity index (χ1v) is 3.05. The van der Waals surface area contributed by atoms with Crippen molar-refractivity contribution in [3.8, 4) is 0 Å². The van der Waals surface area contributed by atoms with Gasteiger partial charge < -0.3 is 5.32 Å². The molecule has 2 heterocycles. The second-order valence-electron chi connectivity index (χ2n) is 2.12. The SMILES string of the molecule is [c]1cncc2c1CCN2. The highest BCUT2D eigenvalue weighted by atomic mass is 14.9. The zero-order valence-corrected chi connectivity index (χ0v) is 5.02. The van der Waals surface area contributed by atoms with Gasteiger partial charge >= 0.3 is 0 Å². The minimum atomic E-state index is 1.04. The molecular formula is C7H7N2. The van der Waals surface area contributed by atoms with Gasteiger partial charge in [-0.05, 0) is 12.0 Å². The van der Waals surface area contributed by atoms with Crippen LogP contribution in [0.2, 0.25) is 0 Å². The first kappa shape index (κ1) is 4.79. The van der Waals surface area contributed by atoms with Crippen molar-refractivity contribution >= 4 is 5.69 Å². The second kappa shape index (κ2) is 1.72. The Morgan fingerprint density at radius 3 is 3.56 bits per heavy atom. The lowest BCUT2D eigenvalue weighted by atomic mass is 10.2. The summed E-state index contributed by atoms with van der Waals surface area (Å²) in [5.74, 6) is 0. The van der Waals surface area contributed by atoms with Crippen LogP contribution in [-0.2, 0) is 6.42 Å². The van der Waals surface area contributed by atoms with Gasteiger partial charge in [0, 0.05) is 18.8 Å². The van der Waals surface area contributed by atoms with Crippen LogP contribution in [0.15, 0.2) is 12.4 Å². The third-order valence-corrected chi connectivity index (χ3v) is 1.53. The average molecular weight is 119 g/mol. The van der Waals surface area contributed by atoms with Gasteiger partial charge in [-0.2, -0.15) is 0 Å². The van der Waals surface area contributed by atoms with Crippen LogP contribution in [-0.4, -0.2) is 11.5 Å². The summed E-state index contributed by atoms with van der Waals surface area (Å²) >= 11 is 0. The molecule has 1 aromatic rings. The number of pyridine rings is 1. The van der Waals surface area contributed by atoms with E-state index < -0.39 is 0 Å². The lowest BCUT2D eigenvalue weighted by Crippen LogP contribution is -1.90. The molecule has 0 amide bonds. The van der Waals surface area contributed by atoms with Crippen molar-refractivity contribution in [3.05, 3.63) is 24.0 Å². The quantitative estimate of drug-likeness (QED) is 0.547. The summed E-state index contributed by atoms with van der Waals surface area (Å²) in [5.41, 5.74) is 2.42. The van der Waals surface area contributed by atoms with Crippen LogP contribution in [0.3, 0.4) is 0 Å². The summed E-state index contributed by atoms with van der Waals surface area (Å²) in [7, 11) is 0. The zero-order chi connectivity index (χ0) is 6.10. The van der Waals surface area contributed by atoms with Gasteiger partial charge in [0.25, 0.3) is 0 Å². The highest BCUT2D eigenvalue weighted by molar-refractivity contribution is 5.52. The molecule has 0 unspecified atom stereocenters. The number of hydrogen-bond donors (Lipinski definition) is 1. The Bertz CT molecular complexity index is 197. The molecule has 1 aromatic heterocycles. The Labute approximate surface area is 53.9 Å². The molecule has 0 aromatic carbocycles. The second-order valence-corrected chi connectivity index (χ2v) is 2.12. The van der Waals surface area contributed by atoms with E-state index in [4.69, 9.17) is 0 Å². The summed E-state index contributed by atoms with van der Waals surface area (Å²) in [5, 5.41) is 3.21. The molecule has 1 N–H and O–H groups in total. The topological polar surface area (TPSA) is 24.9 Å². The number of nitrogens with zero attached hydrogens (tertiary/aromatic N) is 1. The summed E-state index contributed by atoms with van der Waals surface area (Å²) in [6.45, 7) is 1.04. The number of nitrogens with one attached hydrogen (secondary N) is 1. The van der Waals surface area contributed by atoms with Crippen molar-refractivity contribution in [2.24, 2.45) is 0 Å². The van der Waals surface area contributed by atoms with Crippen LogP contribution >= 0.6 is 0 Å². The van der Waals surface area contributed by atoms with Gasteiger partial charge in [0.05, 0.1) is 11.9 Å². The highest BCUT2D eigenvalue weighted by Crippen LogP contribution is 2.18. The van der Waals surface area contributed by atoms with Crippen molar-refractivity contribution in [3.63, 3.8) is 0 Å². The minimum absolute atomic E-state index is 1.04. The van der Waals surface area contributed by atoms with E-state index in [2.05, 4.69) is 16.4 Å². The Hall–Kier alpha value is -1.05. The average Bonchev–Trinajstić information content (AvgIpc) is 2.33. The third-order valence-electron chi connectivity index (χ3n) is 1.53. The van der Waals surface area contributed by atoms with Crippen molar-refractivity contribution < 1.29 is 0 Å². The fourth-order valence-corrected chi connectivity index (χ4v) is 1.06. The Kier molecular flexibility index (Phi) is 0.918. The third kappa shape index (κ3) is 0.669. The largest absolute Gasteiger partial charge is 0.383 e.